The largest absolute Gasteiger partial charge is 0.294 e. The molecule has 0 spiro atoms. The van der Waals surface area contributed by atoms with Gasteiger partial charge in [0.05, 0.1) is 22.4 Å². The lowest BCUT2D eigenvalue weighted by atomic mass is 10.0. The lowest BCUT2D eigenvalue weighted by Crippen LogP contribution is -2.04. The lowest BCUT2D eigenvalue weighted by Gasteiger charge is -2.11. The molecule has 0 saturated heterocycles. The summed E-state index contributed by atoms with van der Waals surface area (Å²) in [6.07, 6.45) is 0.335. The molecule has 0 radical (unpaired) electrons. The number of hydrogen-bond acceptors (Lipinski definition) is 3. The number of aromatic nitrogens is 2. The van der Waals surface area contributed by atoms with Crippen molar-refractivity contribution in [2.24, 2.45) is 0 Å². The third kappa shape index (κ3) is 4.06. The SMILES string of the molecule is Cc1ccc(C(=O)Cc2ccc3nc(-c4ccccc4)c(-c4ccccc4)nc3c2)cc1. The zero-order valence-corrected chi connectivity index (χ0v) is 17.8. The fourth-order valence-corrected chi connectivity index (χ4v) is 3.83. The van der Waals surface area contributed by atoms with E-state index in [0.29, 0.717) is 6.42 Å². The summed E-state index contributed by atoms with van der Waals surface area (Å²) >= 11 is 0. The van der Waals surface area contributed by atoms with Crippen molar-refractivity contribution in [1.29, 1.82) is 0 Å². The van der Waals surface area contributed by atoms with Crippen LogP contribution in [0, 0.1) is 6.92 Å². The van der Waals surface area contributed by atoms with Gasteiger partial charge in [0.2, 0.25) is 0 Å². The van der Waals surface area contributed by atoms with Crippen LogP contribution in [0.25, 0.3) is 33.5 Å². The maximum Gasteiger partial charge on any atom is 0.167 e. The van der Waals surface area contributed by atoms with Crippen molar-refractivity contribution in [3.8, 4) is 22.5 Å². The Labute approximate surface area is 187 Å². The van der Waals surface area contributed by atoms with E-state index in [0.717, 1.165) is 50.2 Å². The number of aryl methyl sites for hydroxylation is 1. The topological polar surface area (TPSA) is 42.9 Å². The highest BCUT2D eigenvalue weighted by Gasteiger charge is 2.14. The number of hydrogen-bond donors (Lipinski definition) is 0. The Morgan fingerprint density at radius 1 is 0.656 bits per heavy atom. The molecule has 5 aromatic rings. The number of nitrogens with zero attached hydrogens (tertiary/aromatic N) is 2. The van der Waals surface area contributed by atoms with Gasteiger partial charge in [0, 0.05) is 23.1 Å². The normalized spacial score (nSPS) is 10.9. The Hall–Kier alpha value is -4.11. The fourth-order valence-electron chi connectivity index (χ4n) is 3.83. The minimum absolute atomic E-state index is 0.0986. The molecule has 1 aromatic heterocycles. The molecule has 0 aliphatic rings. The van der Waals surface area contributed by atoms with E-state index in [1.807, 2.05) is 97.9 Å². The van der Waals surface area contributed by atoms with Crippen LogP contribution in [0.2, 0.25) is 0 Å². The third-order valence-electron chi connectivity index (χ3n) is 5.56. The molecule has 0 bridgehead atoms. The van der Waals surface area contributed by atoms with Crippen molar-refractivity contribution in [2.75, 3.05) is 0 Å². The van der Waals surface area contributed by atoms with Crippen LogP contribution in [0.5, 0.6) is 0 Å². The second-order valence-electron chi connectivity index (χ2n) is 7.94. The van der Waals surface area contributed by atoms with Crippen LogP contribution in [0.3, 0.4) is 0 Å². The fraction of sp³-hybridized carbons (Fsp3) is 0.0690. The molecule has 0 fully saturated rings. The minimum atomic E-state index is 0.0986. The highest BCUT2D eigenvalue weighted by molar-refractivity contribution is 5.98. The summed E-state index contributed by atoms with van der Waals surface area (Å²) in [5, 5.41) is 0. The third-order valence-corrected chi connectivity index (χ3v) is 5.56. The number of benzene rings is 4. The van der Waals surface area contributed by atoms with Gasteiger partial charge in [0.1, 0.15) is 0 Å². The van der Waals surface area contributed by atoms with Crippen LogP contribution in [-0.4, -0.2) is 15.8 Å². The molecule has 1 heterocycles. The van der Waals surface area contributed by atoms with Crippen LogP contribution in [0.1, 0.15) is 21.5 Å². The van der Waals surface area contributed by atoms with E-state index in [1.54, 1.807) is 0 Å². The van der Waals surface area contributed by atoms with E-state index >= 15 is 0 Å². The summed E-state index contributed by atoms with van der Waals surface area (Å²) in [7, 11) is 0. The van der Waals surface area contributed by atoms with Gasteiger partial charge in [-0.15, -0.1) is 0 Å². The van der Waals surface area contributed by atoms with Gasteiger partial charge in [0.15, 0.2) is 5.78 Å². The standard InChI is InChI=1S/C29H22N2O/c1-20-12-15-22(16-13-20)27(32)19-21-14-17-25-26(18-21)31-29(24-10-6-3-7-11-24)28(30-25)23-8-4-2-5-9-23/h2-18H,19H2,1H3. The summed E-state index contributed by atoms with van der Waals surface area (Å²) in [4.78, 5) is 22.7. The van der Waals surface area contributed by atoms with E-state index in [1.165, 1.54) is 0 Å². The van der Waals surface area contributed by atoms with Crippen molar-refractivity contribution >= 4 is 16.8 Å². The first-order valence-electron chi connectivity index (χ1n) is 10.7. The molecule has 0 aliphatic heterocycles. The number of carbonyl (C=O) groups excluding carboxylic acids is 1. The van der Waals surface area contributed by atoms with Crippen molar-refractivity contribution < 1.29 is 4.79 Å². The van der Waals surface area contributed by atoms with Gasteiger partial charge in [-0.05, 0) is 24.6 Å². The first-order valence-corrected chi connectivity index (χ1v) is 10.7. The second kappa shape index (κ2) is 8.56. The highest BCUT2D eigenvalue weighted by Crippen LogP contribution is 2.31. The molecule has 5 rings (SSSR count). The van der Waals surface area contributed by atoms with Crippen molar-refractivity contribution in [3.05, 3.63) is 120 Å². The summed E-state index contributed by atoms with van der Waals surface area (Å²) < 4.78 is 0. The molecular formula is C29H22N2O. The highest BCUT2D eigenvalue weighted by atomic mass is 16.1. The van der Waals surface area contributed by atoms with E-state index in [-0.39, 0.29) is 5.78 Å². The molecule has 0 N–H and O–H groups in total. The Kier molecular flexibility index (Phi) is 5.30. The number of ketones is 1. The van der Waals surface area contributed by atoms with Gasteiger partial charge in [-0.2, -0.15) is 0 Å². The van der Waals surface area contributed by atoms with E-state index in [4.69, 9.17) is 9.97 Å². The maximum absolute atomic E-state index is 12.8. The molecule has 0 atom stereocenters. The first-order chi connectivity index (χ1) is 15.7. The molecule has 3 nitrogen and oxygen atoms in total. The molecule has 0 saturated carbocycles. The number of fused-ring (bicyclic) bond motifs is 1. The van der Waals surface area contributed by atoms with E-state index in [2.05, 4.69) is 12.1 Å². The van der Waals surface area contributed by atoms with Crippen LogP contribution in [-0.2, 0) is 6.42 Å². The summed E-state index contributed by atoms with van der Waals surface area (Å²) in [5.74, 6) is 0.0986. The van der Waals surface area contributed by atoms with Crippen molar-refractivity contribution in [3.63, 3.8) is 0 Å². The zero-order chi connectivity index (χ0) is 21.9. The number of Topliss-reactive ketones (excluding diaryl/α,β-unsaturated/α-hetero) is 1. The molecule has 154 valence electrons. The molecule has 0 unspecified atom stereocenters. The van der Waals surface area contributed by atoms with E-state index in [9.17, 15) is 4.79 Å². The van der Waals surface area contributed by atoms with Crippen molar-refractivity contribution in [1.82, 2.24) is 9.97 Å². The monoisotopic (exact) mass is 414 g/mol. The van der Waals surface area contributed by atoms with Gasteiger partial charge in [-0.25, -0.2) is 9.97 Å². The van der Waals surface area contributed by atoms with Crippen molar-refractivity contribution in [2.45, 2.75) is 13.3 Å². The Morgan fingerprint density at radius 3 is 1.81 bits per heavy atom. The quantitative estimate of drug-likeness (QED) is 0.301. The predicted octanol–water partition coefficient (Wildman–Crippen LogP) is 6.70. The Morgan fingerprint density at radius 2 is 1.22 bits per heavy atom. The predicted molar refractivity (Wildman–Crippen MR) is 130 cm³/mol. The molecule has 32 heavy (non-hydrogen) atoms. The molecule has 4 aromatic carbocycles. The van der Waals surface area contributed by atoms with Gasteiger partial charge in [-0.3, -0.25) is 4.79 Å². The first kappa shape index (κ1) is 19.8. The van der Waals surface area contributed by atoms with Gasteiger partial charge in [-0.1, -0.05) is 96.6 Å². The Bertz CT molecular complexity index is 1390. The summed E-state index contributed by atoms with van der Waals surface area (Å²) in [5.41, 5.74) is 8.15. The van der Waals surface area contributed by atoms with Gasteiger partial charge < -0.3 is 0 Å². The second-order valence-corrected chi connectivity index (χ2v) is 7.94. The molecular weight excluding hydrogens is 392 g/mol. The zero-order valence-electron chi connectivity index (χ0n) is 17.8. The average Bonchev–Trinajstić information content (AvgIpc) is 2.84. The van der Waals surface area contributed by atoms with Gasteiger partial charge >= 0.3 is 0 Å². The number of carbonyl (C=O) groups is 1. The molecule has 0 aliphatic carbocycles. The van der Waals surface area contributed by atoms with Crippen LogP contribution in [0.15, 0.2) is 103 Å². The summed E-state index contributed by atoms with van der Waals surface area (Å²) in [6, 6.07) is 33.9. The maximum atomic E-state index is 12.8. The van der Waals surface area contributed by atoms with Crippen LogP contribution in [0.4, 0.5) is 0 Å². The minimum Gasteiger partial charge on any atom is -0.294 e. The van der Waals surface area contributed by atoms with Crippen LogP contribution < -0.4 is 0 Å². The smallest absolute Gasteiger partial charge is 0.167 e. The average molecular weight is 415 g/mol. The lowest BCUT2D eigenvalue weighted by molar-refractivity contribution is 0.0993. The van der Waals surface area contributed by atoms with Crippen LogP contribution >= 0.6 is 0 Å². The molecule has 3 heteroatoms. The summed E-state index contributed by atoms with van der Waals surface area (Å²) in [6.45, 7) is 2.02. The van der Waals surface area contributed by atoms with Gasteiger partial charge in [0.25, 0.3) is 0 Å². The Balaban J connectivity index is 1.57. The van der Waals surface area contributed by atoms with E-state index < -0.39 is 0 Å². The molecule has 0 amide bonds. The number of rotatable bonds is 5.